The number of nitrogens with one attached hydrogen (secondary N) is 1. The van der Waals surface area contributed by atoms with Crippen molar-refractivity contribution in [2.45, 2.75) is 43.3 Å². The number of nitrogens with zero attached hydrogens (tertiary/aromatic N) is 2. The molecule has 1 aliphatic heterocycles. The number of aromatic nitrogens is 1. The third-order valence-electron chi connectivity index (χ3n) is 5.90. The molecule has 1 saturated heterocycles. The first-order valence-corrected chi connectivity index (χ1v) is 12.2. The van der Waals surface area contributed by atoms with Gasteiger partial charge >= 0.3 is 6.18 Å². The Balaban J connectivity index is 1.62. The molecule has 2 heterocycles. The van der Waals surface area contributed by atoms with Crippen molar-refractivity contribution in [3.05, 3.63) is 60.3 Å². The summed E-state index contributed by atoms with van der Waals surface area (Å²) >= 11 is 0. The van der Waals surface area contributed by atoms with Crippen LogP contribution in [0.4, 0.5) is 18.9 Å². The van der Waals surface area contributed by atoms with Gasteiger partial charge in [0.1, 0.15) is 0 Å². The van der Waals surface area contributed by atoms with Crippen LogP contribution in [0, 0.1) is 0 Å². The van der Waals surface area contributed by atoms with E-state index in [9.17, 15) is 21.6 Å². The zero-order valence-corrected chi connectivity index (χ0v) is 18.6. The van der Waals surface area contributed by atoms with E-state index >= 15 is 0 Å². The van der Waals surface area contributed by atoms with E-state index < -0.39 is 26.7 Å². The van der Waals surface area contributed by atoms with Crippen LogP contribution >= 0.6 is 0 Å². The average Bonchev–Trinajstić information content (AvgIpc) is 3.21. The van der Waals surface area contributed by atoms with Gasteiger partial charge in [0, 0.05) is 36.4 Å². The minimum absolute atomic E-state index is 0.289. The van der Waals surface area contributed by atoms with E-state index in [0.717, 1.165) is 66.1 Å². The number of rotatable bonds is 6. The maximum Gasteiger partial charge on any atom is 0.416 e. The van der Waals surface area contributed by atoms with E-state index in [-0.39, 0.29) is 6.04 Å². The smallest absolute Gasteiger partial charge is 0.382 e. The molecule has 32 heavy (non-hydrogen) atoms. The molecule has 0 spiro atoms. The molecule has 2 aromatic carbocycles. The minimum Gasteiger partial charge on any atom is -0.382 e. The van der Waals surface area contributed by atoms with Crippen LogP contribution in [0.2, 0.25) is 0 Å². The molecule has 1 fully saturated rings. The highest BCUT2D eigenvalue weighted by Crippen LogP contribution is 2.33. The van der Waals surface area contributed by atoms with Gasteiger partial charge in [0.15, 0.2) is 0 Å². The number of anilines is 1. The van der Waals surface area contributed by atoms with E-state index in [0.29, 0.717) is 11.6 Å². The summed E-state index contributed by atoms with van der Waals surface area (Å²) in [6.07, 6.45) is -0.0894. The first-order valence-electron chi connectivity index (χ1n) is 10.7. The van der Waals surface area contributed by atoms with Gasteiger partial charge in [-0.3, -0.25) is 0 Å². The van der Waals surface area contributed by atoms with Crippen molar-refractivity contribution in [2.75, 3.05) is 25.0 Å². The Morgan fingerprint density at radius 1 is 1.06 bits per heavy atom. The number of benzene rings is 2. The third kappa shape index (κ3) is 4.49. The van der Waals surface area contributed by atoms with Crippen molar-refractivity contribution in [1.29, 1.82) is 0 Å². The summed E-state index contributed by atoms with van der Waals surface area (Å²) in [6, 6.07) is 11.1. The normalized spacial score (nSPS) is 16.5. The second kappa shape index (κ2) is 8.78. The van der Waals surface area contributed by atoms with E-state index in [1.54, 1.807) is 18.2 Å². The van der Waals surface area contributed by atoms with Crippen molar-refractivity contribution >= 4 is 26.6 Å². The number of hydrogen-bond acceptors (Lipinski definition) is 4. The quantitative estimate of drug-likeness (QED) is 0.545. The molecule has 1 aliphatic rings. The van der Waals surface area contributed by atoms with Crippen molar-refractivity contribution in [1.82, 2.24) is 8.87 Å². The number of alkyl halides is 3. The molecule has 3 aromatic rings. The Bertz CT molecular complexity index is 1200. The van der Waals surface area contributed by atoms with Crippen molar-refractivity contribution < 1.29 is 21.6 Å². The van der Waals surface area contributed by atoms with E-state index in [2.05, 4.69) is 17.1 Å². The van der Waals surface area contributed by atoms with Gasteiger partial charge in [-0.05, 0) is 62.2 Å². The molecule has 0 radical (unpaired) electrons. The highest BCUT2D eigenvalue weighted by Gasteiger charge is 2.32. The Hall–Kier alpha value is -2.52. The van der Waals surface area contributed by atoms with Crippen LogP contribution in [0.25, 0.3) is 10.9 Å². The molecule has 1 aromatic heterocycles. The Labute approximate surface area is 185 Å². The van der Waals surface area contributed by atoms with Crippen LogP contribution < -0.4 is 5.32 Å². The van der Waals surface area contributed by atoms with Gasteiger partial charge in [-0.2, -0.15) is 13.2 Å². The van der Waals surface area contributed by atoms with Crippen LogP contribution in [0.5, 0.6) is 0 Å². The van der Waals surface area contributed by atoms with Gasteiger partial charge in [-0.1, -0.05) is 19.1 Å². The number of halogens is 3. The lowest BCUT2D eigenvalue weighted by Gasteiger charge is -2.32. The third-order valence-corrected chi connectivity index (χ3v) is 7.59. The van der Waals surface area contributed by atoms with Crippen LogP contribution in [0.1, 0.15) is 31.7 Å². The molecule has 0 amide bonds. The zero-order valence-electron chi connectivity index (χ0n) is 17.8. The largest absolute Gasteiger partial charge is 0.416 e. The predicted molar refractivity (Wildman–Crippen MR) is 119 cm³/mol. The highest BCUT2D eigenvalue weighted by atomic mass is 32.2. The fraction of sp³-hybridized carbons (Fsp3) is 0.391. The first kappa shape index (κ1) is 22.7. The van der Waals surface area contributed by atoms with Gasteiger partial charge in [0.2, 0.25) is 0 Å². The Morgan fingerprint density at radius 3 is 2.47 bits per heavy atom. The molecule has 0 aliphatic carbocycles. The average molecular weight is 466 g/mol. The van der Waals surface area contributed by atoms with Crippen LogP contribution in [0.15, 0.2) is 59.6 Å². The zero-order chi connectivity index (χ0) is 22.9. The molecule has 9 heteroatoms. The Kier molecular flexibility index (Phi) is 6.22. The lowest BCUT2D eigenvalue weighted by molar-refractivity contribution is -0.137. The SMILES string of the molecule is CCCN1CCC(Nc2cccc3c2ccn3S(=O)(=O)c2cccc(C(F)(F)F)c2)CC1. The Morgan fingerprint density at radius 2 is 1.78 bits per heavy atom. The lowest BCUT2D eigenvalue weighted by atomic mass is 10.0. The minimum atomic E-state index is -4.62. The summed E-state index contributed by atoms with van der Waals surface area (Å²) in [5, 5.41) is 4.26. The van der Waals surface area contributed by atoms with Crippen molar-refractivity contribution in [2.24, 2.45) is 0 Å². The maximum absolute atomic E-state index is 13.2. The topological polar surface area (TPSA) is 54.3 Å². The van der Waals surface area contributed by atoms with Gasteiger partial charge in [-0.25, -0.2) is 12.4 Å². The molecular formula is C23H26F3N3O2S. The van der Waals surface area contributed by atoms with Gasteiger partial charge in [0.25, 0.3) is 10.0 Å². The summed E-state index contributed by atoms with van der Waals surface area (Å²) < 4.78 is 66.6. The van der Waals surface area contributed by atoms with Gasteiger partial charge < -0.3 is 10.2 Å². The van der Waals surface area contributed by atoms with Crippen LogP contribution in [-0.4, -0.2) is 43.0 Å². The molecule has 172 valence electrons. The predicted octanol–water partition coefficient (Wildman–Crippen LogP) is 5.18. The molecular weight excluding hydrogens is 439 g/mol. The summed E-state index contributed by atoms with van der Waals surface area (Å²) in [7, 11) is -4.19. The molecule has 0 bridgehead atoms. The van der Waals surface area contributed by atoms with Crippen LogP contribution in [-0.2, 0) is 16.2 Å². The standard InChI is InChI=1S/C23H26F3N3O2S/c1-2-12-28-13-9-18(10-14-28)27-21-7-4-8-22-20(21)11-15-29(22)32(30,31)19-6-3-5-17(16-19)23(24,25)26/h3-8,11,15-16,18,27H,2,9-10,12-14H2,1H3. The summed E-state index contributed by atoms with van der Waals surface area (Å²) in [5.74, 6) is 0. The summed E-state index contributed by atoms with van der Waals surface area (Å²) in [5.41, 5.74) is 0.261. The molecule has 5 nitrogen and oxygen atoms in total. The van der Waals surface area contributed by atoms with Crippen molar-refractivity contribution in [3.63, 3.8) is 0 Å². The van der Waals surface area contributed by atoms with Crippen molar-refractivity contribution in [3.8, 4) is 0 Å². The van der Waals surface area contributed by atoms with E-state index in [1.165, 1.54) is 12.3 Å². The maximum atomic E-state index is 13.2. The summed E-state index contributed by atoms with van der Waals surface area (Å²) in [6.45, 7) is 5.31. The first-order chi connectivity index (χ1) is 15.2. The monoisotopic (exact) mass is 465 g/mol. The fourth-order valence-electron chi connectivity index (χ4n) is 4.26. The fourth-order valence-corrected chi connectivity index (χ4v) is 5.65. The van der Waals surface area contributed by atoms with Crippen LogP contribution in [0.3, 0.4) is 0 Å². The van der Waals surface area contributed by atoms with E-state index in [4.69, 9.17) is 0 Å². The number of fused-ring (bicyclic) bond motifs is 1. The molecule has 0 atom stereocenters. The molecule has 0 unspecified atom stereocenters. The van der Waals surface area contributed by atoms with E-state index in [1.807, 2.05) is 6.07 Å². The van der Waals surface area contributed by atoms with Gasteiger partial charge in [0.05, 0.1) is 16.0 Å². The summed E-state index contributed by atoms with van der Waals surface area (Å²) in [4.78, 5) is 2.04. The molecule has 1 N–H and O–H groups in total. The number of hydrogen-bond donors (Lipinski definition) is 1. The second-order valence-electron chi connectivity index (χ2n) is 8.14. The lowest BCUT2D eigenvalue weighted by Crippen LogP contribution is -2.39. The second-order valence-corrected chi connectivity index (χ2v) is 9.96. The molecule has 0 saturated carbocycles. The van der Waals surface area contributed by atoms with Gasteiger partial charge in [-0.15, -0.1) is 0 Å². The highest BCUT2D eigenvalue weighted by molar-refractivity contribution is 7.90. The molecule has 4 rings (SSSR count). The number of piperidine rings is 1. The number of likely N-dealkylation sites (tertiary alicyclic amines) is 1.